The minimum Gasteiger partial charge on any atom is -0.507 e. The third-order valence-electron chi connectivity index (χ3n) is 12.9. The SMILES string of the molecule is COC(=O)[C@@H]1c2cc3c(c(O)c2[C@@H](O[C@H]2C[C@H](N(C)C)[C@H](O[C@H]4C[C@H](O)[C@H](O[C@H]5CC[C@@H](O)[C@H](C)O5)[C@H](C)O4)[C@H](C)O2)C[C@]1(O)C(C)C)C(=O)c1c(O)cccc1C3=O. The van der Waals surface area contributed by atoms with Crippen LogP contribution in [0, 0.1) is 5.92 Å². The van der Waals surface area contributed by atoms with Crippen molar-refractivity contribution in [3.8, 4) is 11.5 Å². The minimum atomic E-state index is -1.80. The minimum absolute atomic E-state index is 0.0279. The van der Waals surface area contributed by atoms with Crippen molar-refractivity contribution >= 4 is 17.5 Å². The molecule has 0 saturated carbocycles. The number of aliphatic hydroxyl groups excluding tert-OH is 2. The standard InChI is InChI=1S/C43H57NO15/c1-18(2)43(52)17-29(34-23(36(43)42(51)53-8)14-24-35(39(34)50)38(49)33-22(37(24)48)10-9-11-27(33)46)57-31-15-25(44(6)7)40(20(4)55-31)59-32-16-28(47)41(21(5)56-32)58-30-13-12-26(45)19(3)54-30/h9-11,14,18-21,25-26,28-32,36,40-41,45-47,50,52H,12-13,15-17H2,1-8H3/t19-,20-,21-,25-,26+,28-,29-,30-,31-,32-,36-,40+,41+,43-/m0/s1. The predicted molar refractivity (Wildman–Crippen MR) is 207 cm³/mol. The number of ketones is 2. The number of ether oxygens (including phenoxy) is 7. The number of aromatic hydroxyl groups is 2. The Kier molecular flexibility index (Phi) is 12.3. The summed E-state index contributed by atoms with van der Waals surface area (Å²) >= 11 is 0. The van der Waals surface area contributed by atoms with Gasteiger partial charge in [-0.05, 0) is 64.9 Å². The van der Waals surface area contributed by atoms with E-state index in [9.17, 15) is 39.9 Å². The summed E-state index contributed by atoms with van der Waals surface area (Å²) in [4.78, 5) is 43.4. The number of carbonyl (C=O) groups is 3. The molecule has 0 unspecified atom stereocenters. The number of rotatable bonds is 9. The molecule has 5 N–H and O–H groups in total. The fourth-order valence-corrected chi connectivity index (χ4v) is 9.54. The molecule has 0 radical (unpaired) electrons. The van der Waals surface area contributed by atoms with E-state index in [4.69, 9.17) is 33.2 Å². The first kappa shape index (κ1) is 43.5. The molecule has 16 heteroatoms. The van der Waals surface area contributed by atoms with E-state index < -0.39 is 114 Å². The number of nitrogens with zero attached hydrogens (tertiary/aromatic N) is 1. The van der Waals surface area contributed by atoms with Crippen LogP contribution in [0.15, 0.2) is 24.3 Å². The third-order valence-corrected chi connectivity index (χ3v) is 12.9. The molecule has 324 valence electrons. The van der Waals surface area contributed by atoms with Gasteiger partial charge in [-0.2, -0.15) is 0 Å². The number of benzene rings is 2. The van der Waals surface area contributed by atoms with Crippen molar-refractivity contribution < 1.29 is 73.1 Å². The zero-order valence-electron chi connectivity index (χ0n) is 34.7. The maximum Gasteiger partial charge on any atom is 0.316 e. The highest BCUT2D eigenvalue weighted by molar-refractivity contribution is 6.30. The molecular formula is C43H57NO15. The molecule has 3 aliphatic heterocycles. The topological polar surface area (TPSA) is 220 Å². The largest absolute Gasteiger partial charge is 0.507 e. The van der Waals surface area contributed by atoms with Crippen LogP contribution in [0.1, 0.15) is 122 Å². The van der Waals surface area contributed by atoms with Crippen molar-refractivity contribution in [1.82, 2.24) is 4.90 Å². The van der Waals surface area contributed by atoms with E-state index in [1.165, 1.54) is 31.4 Å². The van der Waals surface area contributed by atoms with E-state index in [0.717, 1.165) is 0 Å². The number of hydrogen-bond acceptors (Lipinski definition) is 16. The van der Waals surface area contributed by atoms with Crippen molar-refractivity contribution in [3.63, 3.8) is 0 Å². The fraction of sp³-hybridized carbons (Fsp3) is 0.651. The summed E-state index contributed by atoms with van der Waals surface area (Å²) in [5.41, 5.74) is -2.53. The number of likely N-dealkylation sites (N-methyl/N-ethyl adjacent to an activating group) is 1. The van der Waals surface area contributed by atoms with Gasteiger partial charge in [0.05, 0.1) is 60.5 Å². The van der Waals surface area contributed by atoms with Crippen molar-refractivity contribution in [2.45, 2.75) is 152 Å². The molecule has 3 fully saturated rings. The zero-order chi connectivity index (χ0) is 42.8. The number of esters is 1. The maximum atomic E-state index is 14.0. The molecule has 0 bridgehead atoms. The Balaban J connectivity index is 1.15. The lowest BCUT2D eigenvalue weighted by atomic mass is 9.64. The number of phenols is 2. The molecule has 0 amide bonds. The van der Waals surface area contributed by atoms with Crippen molar-refractivity contribution in [1.29, 1.82) is 0 Å². The Morgan fingerprint density at radius 3 is 2.10 bits per heavy atom. The Morgan fingerprint density at radius 1 is 0.831 bits per heavy atom. The average molecular weight is 828 g/mol. The predicted octanol–water partition coefficient (Wildman–Crippen LogP) is 3.20. The number of hydrogen-bond donors (Lipinski definition) is 5. The van der Waals surface area contributed by atoms with E-state index in [-0.39, 0.29) is 58.7 Å². The molecule has 16 nitrogen and oxygen atoms in total. The van der Waals surface area contributed by atoms with Crippen LogP contribution in [-0.4, -0.2) is 142 Å². The van der Waals surface area contributed by atoms with Crippen LogP contribution in [0.2, 0.25) is 0 Å². The number of methoxy groups -OCH3 is 1. The second kappa shape index (κ2) is 16.7. The average Bonchev–Trinajstić information content (AvgIpc) is 3.16. The van der Waals surface area contributed by atoms with Gasteiger partial charge in [0.15, 0.2) is 24.7 Å². The Bertz CT molecular complexity index is 1920. The van der Waals surface area contributed by atoms with E-state index in [1.54, 1.807) is 27.7 Å². The van der Waals surface area contributed by atoms with Crippen molar-refractivity contribution in [3.05, 3.63) is 57.6 Å². The van der Waals surface area contributed by atoms with Crippen LogP contribution in [0.5, 0.6) is 11.5 Å². The molecule has 5 aliphatic rings. The van der Waals surface area contributed by atoms with Gasteiger partial charge in [0.1, 0.15) is 29.6 Å². The van der Waals surface area contributed by atoms with Gasteiger partial charge >= 0.3 is 5.97 Å². The highest BCUT2D eigenvalue weighted by atomic mass is 16.7. The first-order valence-corrected chi connectivity index (χ1v) is 20.4. The van der Waals surface area contributed by atoms with E-state index in [1.807, 2.05) is 25.9 Å². The summed E-state index contributed by atoms with van der Waals surface area (Å²) in [7, 11) is 4.94. The molecule has 2 aromatic rings. The molecule has 59 heavy (non-hydrogen) atoms. The summed E-state index contributed by atoms with van der Waals surface area (Å²) in [6.07, 6.45) is -6.65. The van der Waals surface area contributed by atoms with E-state index >= 15 is 0 Å². The fourth-order valence-electron chi connectivity index (χ4n) is 9.54. The number of carbonyl (C=O) groups excluding carboxylic acids is 3. The lowest BCUT2D eigenvalue weighted by Gasteiger charge is -2.49. The molecule has 2 aromatic carbocycles. The molecule has 7 rings (SSSR count). The normalized spacial score (nSPS) is 37.2. The van der Waals surface area contributed by atoms with Gasteiger partial charge < -0.3 is 63.6 Å². The Labute approximate surface area is 343 Å². The molecule has 3 saturated heterocycles. The van der Waals surface area contributed by atoms with Gasteiger partial charge in [0.2, 0.25) is 5.78 Å². The molecule has 3 heterocycles. The highest BCUT2D eigenvalue weighted by Gasteiger charge is 2.55. The van der Waals surface area contributed by atoms with Crippen LogP contribution in [-0.2, 0) is 38.0 Å². The molecule has 14 atom stereocenters. The van der Waals surface area contributed by atoms with Crippen LogP contribution in [0.4, 0.5) is 0 Å². The zero-order valence-corrected chi connectivity index (χ0v) is 34.7. The smallest absolute Gasteiger partial charge is 0.316 e. The Morgan fingerprint density at radius 2 is 1.47 bits per heavy atom. The molecule has 0 aromatic heterocycles. The van der Waals surface area contributed by atoms with E-state index in [0.29, 0.717) is 12.8 Å². The quantitative estimate of drug-likeness (QED) is 0.196. The van der Waals surface area contributed by atoms with Gasteiger partial charge in [-0.15, -0.1) is 0 Å². The van der Waals surface area contributed by atoms with E-state index in [2.05, 4.69) is 0 Å². The van der Waals surface area contributed by atoms with Gasteiger partial charge in [-0.25, -0.2) is 0 Å². The molecule has 2 aliphatic carbocycles. The van der Waals surface area contributed by atoms with Crippen molar-refractivity contribution in [2.24, 2.45) is 5.92 Å². The summed E-state index contributed by atoms with van der Waals surface area (Å²) in [6.45, 7) is 8.86. The van der Waals surface area contributed by atoms with Gasteiger partial charge in [-0.1, -0.05) is 26.0 Å². The van der Waals surface area contributed by atoms with Crippen molar-refractivity contribution in [2.75, 3.05) is 21.2 Å². The number of aliphatic hydroxyl groups is 3. The summed E-state index contributed by atoms with van der Waals surface area (Å²) in [5.74, 6) is -5.17. The third kappa shape index (κ3) is 7.81. The second-order valence-electron chi connectivity index (χ2n) is 17.2. The van der Waals surface area contributed by atoms with Crippen LogP contribution in [0.25, 0.3) is 0 Å². The number of phenolic OH excluding ortho intramolecular Hbond substituents is 2. The monoisotopic (exact) mass is 827 g/mol. The first-order valence-electron chi connectivity index (χ1n) is 20.4. The van der Waals surface area contributed by atoms with Crippen LogP contribution >= 0.6 is 0 Å². The van der Waals surface area contributed by atoms with Gasteiger partial charge in [0.25, 0.3) is 0 Å². The molecular weight excluding hydrogens is 770 g/mol. The maximum absolute atomic E-state index is 14.0. The molecule has 0 spiro atoms. The van der Waals surface area contributed by atoms with Gasteiger partial charge in [0, 0.05) is 48.4 Å². The lowest BCUT2D eigenvalue weighted by Crippen LogP contribution is -2.58. The summed E-state index contributed by atoms with van der Waals surface area (Å²) in [5, 5.41) is 56.3. The summed E-state index contributed by atoms with van der Waals surface area (Å²) < 4.78 is 43.0. The Hall–Kier alpha value is -3.55. The van der Waals surface area contributed by atoms with Crippen LogP contribution in [0.3, 0.4) is 0 Å². The second-order valence-corrected chi connectivity index (χ2v) is 17.2. The van der Waals surface area contributed by atoms with Crippen LogP contribution < -0.4 is 0 Å². The first-order chi connectivity index (χ1) is 27.9. The number of fused-ring (bicyclic) bond motifs is 3. The highest BCUT2D eigenvalue weighted by Crippen LogP contribution is 2.55. The summed E-state index contributed by atoms with van der Waals surface area (Å²) in [6, 6.07) is 5.13. The lowest BCUT2D eigenvalue weighted by molar-refractivity contribution is -0.328. The van der Waals surface area contributed by atoms with Gasteiger partial charge in [-0.3, -0.25) is 14.4 Å².